The Morgan fingerprint density at radius 2 is 1.66 bits per heavy atom. The quantitative estimate of drug-likeness (QED) is 0.263. The van der Waals surface area contributed by atoms with Crippen molar-refractivity contribution in [2.45, 2.75) is 17.3 Å². The first-order valence-electron chi connectivity index (χ1n) is 11.0. The van der Waals surface area contributed by atoms with Crippen molar-refractivity contribution < 1.29 is 14.0 Å². The summed E-state index contributed by atoms with van der Waals surface area (Å²) in [6.45, 7) is 0. The van der Waals surface area contributed by atoms with Crippen LogP contribution in [0.3, 0.4) is 0 Å². The van der Waals surface area contributed by atoms with E-state index in [0.717, 1.165) is 16.7 Å². The molecular formula is C26H23N5O3S. The van der Waals surface area contributed by atoms with Crippen LogP contribution in [0, 0.1) is 0 Å². The first-order valence-corrected chi connectivity index (χ1v) is 11.9. The van der Waals surface area contributed by atoms with Crippen LogP contribution in [0.1, 0.15) is 17.3 Å². The first kappa shape index (κ1) is 22.7. The van der Waals surface area contributed by atoms with Crippen molar-refractivity contribution in [3.8, 4) is 28.6 Å². The minimum absolute atomic E-state index is 0.436. The highest BCUT2D eigenvalue weighted by Gasteiger charge is 2.18. The van der Waals surface area contributed by atoms with Crippen molar-refractivity contribution in [1.29, 1.82) is 0 Å². The molecule has 0 atom stereocenters. The van der Waals surface area contributed by atoms with E-state index in [1.165, 1.54) is 17.3 Å². The van der Waals surface area contributed by atoms with Crippen molar-refractivity contribution in [2.75, 3.05) is 14.2 Å². The third-order valence-corrected chi connectivity index (χ3v) is 6.27. The van der Waals surface area contributed by atoms with Gasteiger partial charge >= 0.3 is 0 Å². The molecule has 0 N–H and O–H groups in total. The number of thioether (sulfide) groups is 1. The number of aromatic nitrogens is 5. The largest absolute Gasteiger partial charge is 0.497 e. The fourth-order valence-corrected chi connectivity index (χ4v) is 4.47. The molecular weight excluding hydrogens is 462 g/mol. The minimum atomic E-state index is 0.436. The Morgan fingerprint density at radius 3 is 2.40 bits per heavy atom. The smallest absolute Gasteiger partial charge is 0.237 e. The second-order valence-electron chi connectivity index (χ2n) is 7.60. The molecule has 35 heavy (non-hydrogen) atoms. The lowest BCUT2D eigenvalue weighted by molar-refractivity contribution is 0.389. The highest BCUT2D eigenvalue weighted by Crippen LogP contribution is 2.32. The zero-order chi connectivity index (χ0) is 24.0. The number of hydrogen-bond acceptors (Lipinski definition) is 8. The van der Waals surface area contributed by atoms with Gasteiger partial charge in [-0.1, -0.05) is 65.4 Å². The topological polar surface area (TPSA) is 88.1 Å². The molecule has 0 unspecified atom stereocenters. The molecule has 0 aliphatic rings. The summed E-state index contributed by atoms with van der Waals surface area (Å²) in [5.74, 6) is 3.53. The van der Waals surface area contributed by atoms with E-state index in [9.17, 15) is 0 Å². The van der Waals surface area contributed by atoms with Crippen LogP contribution in [0.25, 0.3) is 17.1 Å². The molecule has 5 rings (SSSR count). The van der Waals surface area contributed by atoms with Gasteiger partial charge in [-0.2, -0.15) is 4.98 Å². The van der Waals surface area contributed by atoms with E-state index in [1.54, 1.807) is 14.2 Å². The maximum Gasteiger partial charge on any atom is 0.237 e. The van der Waals surface area contributed by atoms with Gasteiger partial charge in [0.25, 0.3) is 0 Å². The summed E-state index contributed by atoms with van der Waals surface area (Å²) in [7, 11) is 3.21. The maximum atomic E-state index is 5.53. The van der Waals surface area contributed by atoms with E-state index in [0.29, 0.717) is 41.0 Å². The number of hydrogen-bond donors (Lipinski definition) is 0. The van der Waals surface area contributed by atoms with E-state index in [4.69, 9.17) is 14.0 Å². The normalized spacial score (nSPS) is 10.9. The van der Waals surface area contributed by atoms with Crippen LogP contribution < -0.4 is 9.47 Å². The summed E-state index contributed by atoms with van der Waals surface area (Å²) in [5, 5.41) is 13.9. The highest BCUT2D eigenvalue weighted by molar-refractivity contribution is 7.98. The fraction of sp³-hybridized carbons (Fsp3) is 0.154. The molecule has 0 saturated heterocycles. The maximum absolute atomic E-state index is 5.53. The van der Waals surface area contributed by atoms with Gasteiger partial charge in [0, 0.05) is 12.1 Å². The molecule has 8 nitrogen and oxygen atoms in total. The summed E-state index contributed by atoms with van der Waals surface area (Å²) >= 11 is 1.49. The Bertz CT molecular complexity index is 1400. The molecule has 0 spiro atoms. The lowest BCUT2D eigenvalue weighted by Crippen LogP contribution is -2.03. The van der Waals surface area contributed by atoms with E-state index in [-0.39, 0.29) is 0 Å². The first-order chi connectivity index (χ1) is 17.2. The van der Waals surface area contributed by atoms with Crippen LogP contribution >= 0.6 is 11.8 Å². The Hall–Kier alpha value is -4.11. The molecule has 2 aromatic heterocycles. The van der Waals surface area contributed by atoms with Gasteiger partial charge in [-0.25, -0.2) is 0 Å². The van der Waals surface area contributed by atoms with Crippen molar-refractivity contribution in [1.82, 2.24) is 24.9 Å². The monoisotopic (exact) mass is 485 g/mol. The van der Waals surface area contributed by atoms with Crippen LogP contribution in [-0.2, 0) is 12.2 Å². The molecule has 0 aliphatic carbocycles. The summed E-state index contributed by atoms with van der Waals surface area (Å²) in [6.07, 6.45) is 0.670. The third-order valence-electron chi connectivity index (χ3n) is 5.36. The summed E-state index contributed by atoms with van der Waals surface area (Å²) < 4.78 is 18.4. The fourth-order valence-electron chi connectivity index (χ4n) is 3.66. The lowest BCUT2D eigenvalue weighted by atomic mass is 10.1. The number of ether oxygens (including phenoxy) is 2. The lowest BCUT2D eigenvalue weighted by Gasteiger charge is -2.09. The highest BCUT2D eigenvalue weighted by atomic mass is 32.2. The average Bonchev–Trinajstić information content (AvgIpc) is 3.55. The van der Waals surface area contributed by atoms with Crippen LogP contribution in [-0.4, -0.2) is 39.1 Å². The summed E-state index contributed by atoms with van der Waals surface area (Å²) in [5.41, 5.74) is 2.87. The Kier molecular flexibility index (Phi) is 6.76. The Labute approximate surface area is 206 Å². The molecule has 176 valence electrons. The second-order valence-corrected chi connectivity index (χ2v) is 8.54. The van der Waals surface area contributed by atoms with Crippen LogP contribution in [0.15, 0.2) is 88.5 Å². The van der Waals surface area contributed by atoms with E-state index < -0.39 is 0 Å². The van der Waals surface area contributed by atoms with Gasteiger partial charge in [-0.15, -0.1) is 10.2 Å². The molecule has 5 aromatic rings. The molecule has 0 radical (unpaired) electrons. The van der Waals surface area contributed by atoms with Crippen molar-refractivity contribution >= 4 is 11.8 Å². The minimum Gasteiger partial charge on any atom is -0.497 e. The van der Waals surface area contributed by atoms with E-state index in [1.807, 2.05) is 66.7 Å². The standard InChI is InChI=1S/C26H23N5O3S/c1-32-20-13-14-22(33-2)21(16-20)25-27-24(34-30-25)17-35-26-29-28-23(15-18-9-5-3-6-10-18)31(26)19-11-7-4-8-12-19/h3-14,16H,15,17H2,1-2H3. The molecule has 0 saturated carbocycles. The van der Waals surface area contributed by atoms with Crippen LogP contribution in [0.5, 0.6) is 11.5 Å². The summed E-state index contributed by atoms with van der Waals surface area (Å²) in [6, 6.07) is 25.8. The van der Waals surface area contributed by atoms with E-state index >= 15 is 0 Å². The van der Waals surface area contributed by atoms with Crippen LogP contribution in [0.4, 0.5) is 0 Å². The second kappa shape index (κ2) is 10.4. The zero-order valence-corrected chi connectivity index (χ0v) is 20.1. The SMILES string of the molecule is COc1ccc(OC)c(-c2noc(CSc3nnc(Cc4ccccc4)n3-c3ccccc3)n2)c1. The average molecular weight is 486 g/mol. The third kappa shape index (κ3) is 5.04. The molecule has 0 amide bonds. The molecule has 0 bridgehead atoms. The molecule has 2 heterocycles. The molecule has 0 fully saturated rings. The van der Waals surface area contributed by atoms with Gasteiger partial charge in [-0.3, -0.25) is 4.57 Å². The van der Waals surface area contributed by atoms with E-state index in [2.05, 4.69) is 37.0 Å². The van der Waals surface area contributed by atoms with Crippen LogP contribution in [0.2, 0.25) is 0 Å². The Morgan fingerprint density at radius 1 is 0.886 bits per heavy atom. The predicted molar refractivity (Wildman–Crippen MR) is 133 cm³/mol. The van der Waals surface area contributed by atoms with Crippen molar-refractivity contribution in [2.24, 2.45) is 0 Å². The molecule has 0 aliphatic heterocycles. The molecule has 3 aromatic carbocycles. The number of para-hydroxylation sites is 1. The Balaban J connectivity index is 1.40. The number of methoxy groups -OCH3 is 2. The van der Waals surface area contributed by atoms with Crippen molar-refractivity contribution in [3.05, 3.63) is 96.1 Å². The summed E-state index contributed by atoms with van der Waals surface area (Å²) in [4.78, 5) is 4.56. The van der Waals surface area contributed by atoms with Gasteiger partial charge in [0.1, 0.15) is 17.3 Å². The van der Waals surface area contributed by atoms with Gasteiger partial charge < -0.3 is 14.0 Å². The van der Waals surface area contributed by atoms with Gasteiger partial charge in [0.2, 0.25) is 11.7 Å². The number of nitrogens with zero attached hydrogens (tertiary/aromatic N) is 5. The number of rotatable bonds is 9. The zero-order valence-electron chi connectivity index (χ0n) is 19.3. The van der Waals surface area contributed by atoms with Gasteiger partial charge in [0.15, 0.2) is 5.16 Å². The predicted octanol–water partition coefficient (Wildman–Crippen LogP) is 5.22. The van der Waals surface area contributed by atoms with Gasteiger partial charge in [0.05, 0.1) is 25.5 Å². The van der Waals surface area contributed by atoms with Crippen molar-refractivity contribution in [3.63, 3.8) is 0 Å². The molecule has 9 heteroatoms. The van der Waals surface area contributed by atoms with Gasteiger partial charge in [-0.05, 0) is 35.9 Å². The number of benzene rings is 3.